The molecule has 3 heterocycles. The summed E-state index contributed by atoms with van der Waals surface area (Å²) in [4.78, 5) is 34.2. The number of amidine groups is 1. The molecule has 5 nitrogen and oxygen atoms in total. The van der Waals surface area contributed by atoms with Crippen molar-refractivity contribution >= 4 is 39.1 Å². The summed E-state index contributed by atoms with van der Waals surface area (Å²) in [7, 11) is 0. The Morgan fingerprint density at radius 2 is 1.89 bits per heavy atom. The number of hydrogen-bond donors (Lipinski definition) is 0. The Hall–Kier alpha value is -3.06. The number of aliphatic imine (C=N–C) groups is 1. The molecule has 178 valence electrons. The standard InChI is InChI=1S/C28H26FN3O2S/c29-23-14-20(19-4-6-24-21(13-19)8-12-35-24)3-5-22(23)25-30-28(9-10-28)27(34)32(25)16-17-7-11-31(15-17)26(33)18-1-2-18/h3-6,8,12-14,17-18H,1-2,7,9-11,15-16H2/t17-/m1/s1. The minimum Gasteiger partial charge on any atom is -0.342 e. The van der Waals surface area contributed by atoms with E-state index in [-0.39, 0.29) is 29.5 Å². The van der Waals surface area contributed by atoms with E-state index in [1.165, 1.54) is 4.70 Å². The highest BCUT2D eigenvalue weighted by atomic mass is 32.1. The Labute approximate surface area is 207 Å². The van der Waals surface area contributed by atoms with Crippen LogP contribution in [0.4, 0.5) is 4.39 Å². The van der Waals surface area contributed by atoms with Crippen LogP contribution in [0.2, 0.25) is 0 Å². The lowest BCUT2D eigenvalue weighted by Gasteiger charge is -2.24. The number of hydrogen-bond acceptors (Lipinski definition) is 4. The van der Waals surface area contributed by atoms with Crippen LogP contribution >= 0.6 is 11.3 Å². The Morgan fingerprint density at radius 1 is 1.09 bits per heavy atom. The molecular weight excluding hydrogens is 461 g/mol. The third-order valence-corrected chi connectivity index (χ3v) is 8.80. The van der Waals surface area contributed by atoms with Crippen molar-refractivity contribution in [1.29, 1.82) is 0 Å². The molecule has 2 saturated carbocycles. The summed E-state index contributed by atoms with van der Waals surface area (Å²) < 4.78 is 16.7. The van der Waals surface area contributed by atoms with Crippen LogP contribution < -0.4 is 0 Å². The van der Waals surface area contributed by atoms with Gasteiger partial charge in [-0.05, 0) is 90.2 Å². The van der Waals surface area contributed by atoms with E-state index in [9.17, 15) is 9.59 Å². The number of carbonyl (C=O) groups excluding carboxylic acids is 2. The number of rotatable bonds is 5. The second-order valence-electron chi connectivity index (χ2n) is 10.5. The molecule has 2 aromatic carbocycles. The lowest BCUT2D eigenvalue weighted by atomic mass is 10.0. The molecular formula is C28H26FN3O2S. The molecule has 0 bridgehead atoms. The quantitative estimate of drug-likeness (QED) is 0.504. The second kappa shape index (κ2) is 7.72. The predicted octanol–water partition coefficient (Wildman–Crippen LogP) is 5.09. The topological polar surface area (TPSA) is 53.0 Å². The number of benzene rings is 2. The molecule has 4 aliphatic rings. The van der Waals surface area contributed by atoms with Crippen LogP contribution in [0.5, 0.6) is 0 Å². The number of halogens is 1. The fraction of sp³-hybridized carbons (Fsp3) is 0.393. The van der Waals surface area contributed by atoms with Crippen molar-refractivity contribution in [1.82, 2.24) is 9.80 Å². The lowest BCUT2D eigenvalue weighted by Crippen LogP contribution is -2.41. The molecule has 0 radical (unpaired) electrons. The van der Waals surface area contributed by atoms with Gasteiger partial charge < -0.3 is 4.90 Å². The molecule has 1 saturated heterocycles. The van der Waals surface area contributed by atoms with Crippen molar-refractivity contribution < 1.29 is 14.0 Å². The maximum absolute atomic E-state index is 15.5. The van der Waals surface area contributed by atoms with E-state index < -0.39 is 5.54 Å². The first kappa shape index (κ1) is 21.2. The first-order valence-electron chi connectivity index (χ1n) is 12.5. The largest absolute Gasteiger partial charge is 0.342 e. The van der Waals surface area contributed by atoms with E-state index in [0.717, 1.165) is 55.2 Å². The number of likely N-dealkylation sites (tertiary alicyclic amines) is 1. The Kier molecular flexibility index (Phi) is 4.68. The van der Waals surface area contributed by atoms with Crippen LogP contribution in [0.25, 0.3) is 21.2 Å². The van der Waals surface area contributed by atoms with Gasteiger partial charge in [0.2, 0.25) is 5.91 Å². The van der Waals surface area contributed by atoms with E-state index >= 15 is 4.39 Å². The molecule has 7 rings (SSSR count). The molecule has 0 N–H and O–H groups in total. The van der Waals surface area contributed by atoms with E-state index in [2.05, 4.69) is 23.6 Å². The molecule has 0 unspecified atom stereocenters. The zero-order valence-corrected chi connectivity index (χ0v) is 20.2. The molecule has 2 aliphatic carbocycles. The highest BCUT2D eigenvalue weighted by Gasteiger charge is 2.58. The second-order valence-corrected chi connectivity index (χ2v) is 11.4. The molecule has 1 spiro atoms. The molecule has 2 aliphatic heterocycles. The van der Waals surface area contributed by atoms with Gasteiger partial charge in [0, 0.05) is 30.3 Å². The van der Waals surface area contributed by atoms with Gasteiger partial charge in [-0.25, -0.2) is 4.39 Å². The average molecular weight is 488 g/mol. The zero-order chi connectivity index (χ0) is 23.7. The van der Waals surface area contributed by atoms with Gasteiger partial charge in [0.15, 0.2) is 0 Å². The maximum Gasteiger partial charge on any atom is 0.256 e. The molecule has 1 aromatic heterocycles. The molecule has 7 heteroatoms. The van der Waals surface area contributed by atoms with Crippen LogP contribution in [0.1, 0.15) is 37.7 Å². The number of carbonyl (C=O) groups is 2. The third-order valence-electron chi connectivity index (χ3n) is 7.90. The predicted molar refractivity (Wildman–Crippen MR) is 135 cm³/mol. The summed E-state index contributed by atoms with van der Waals surface area (Å²) in [6, 6.07) is 13.5. The molecule has 1 atom stereocenters. The fourth-order valence-corrected chi connectivity index (χ4v) is 6.30. The molecule has 3 fully saturated rings. The minimum atomic E-state index is -0.688. The van der Waals surface area contributed by atoms with Gasteiger partial charge in [-0.15, -0.1) is 11.3 Å². The van der Waals surface area contributed by atoms with Gasteiger partial charge in [0.25, 0.3) is 5.91 Å². The van der Waals surface area contributed by atoms with E-state index in [1.54, 1.807) is 28.4 Å². The SMILES string of the molecule is O=C(C1CC1)N1CC[C@@H](CN2C(=O)C3(CC3)N=C2c2ccc(-c3ccc4sccc4c3)cc2F)C1. The fourth-order valence-electron chi connectivity index (χ4n) is 5.53. The van der Waals surface area contributed by atoms with Crippen molar-refractivity contribution in [2.24, 2.45) is 16.8 Å². The summed E-state index contributed by atoms with van der Waals surface area (Å²) in [5.41, 5.74) is 1.47. The molecule has 3 aromatic rings. The molecule has 2 amide bonds. The monoisotopic (exact) mass is 487 g/mol. The van der Waals surface area contributed by atoms with Gasteiger partial charge in [-0.2, -0.15) is 0 Å². The molecule has 35 heavy (non-hydrogen) atoms. The number of fused-ring (bicyclic) bond motifs is 1. The maximum atomic E-state index is 15.5. The average Bonchev–Trinajstić information content (AvgIpc) is 3.74. The third kappa shape index (κ3) is 3.59. The van der Waals surface area contributed by atoms with Crippen molar-refractivity contribution in [2.75, 3.05) is 19.6 Å². The zero-order valence-electron chi connectivity index (χ0n) is 19.4. The van der Waals surface area contributed by atoms with Crippen LogP contribution in [-0.4, -0.2) is 52.6 Å². The van der Waals surface area contributed by atoms with Gasteiger partial charge in [-0.3, -0.25) is 19.5 Å². The highest BCUT2D eigenvalue weighted by molar-refractivity contribution is 7.17. The van der Waals surface area contributed by atoms with Crippen molar-refractivity contribution in [3.63, 3.8) is 0 Å². The van der Waals surface area contributed by atoms with Crippen LogP contribution in [0, 0.1) is 17.7 Å². The smallest absolute Gasteiger partial charge is 0.256 e. The van der Waals surface area contributed by atoms with E-state index in [0.29, 0.717) is 24.5 Å². The van der Waals surface area contributed by atoms with E-state index in [4.69, 9.17) is 4.99 Å². The minimum absolute atomic E-state index is 0.00847. The highest BCUT2D eigenvalue weighted by Crippen LogP contribution is 2.46. The summed E-state index contributed by atoms with van der Waals surface area (Å²) in [5.74, 6) is 0.749. The summed E-state index contributed by atoms with van der Waals surface area (Å²) in [6.07, 6.45) is 4.32. The van der Waals surface area contributed by atoms with Crippen LogP contribution in [-0.2, 0) is 9.59 Å². The van der Waals surface area contributed by atoms with Gasteiger partial charge in [0.05, 0.1) is 5.56 Å². The van der Waals surface area contributed by atoms with Crippen molar-refractivity contribution in [3.05, 3.63) is 59.2 Å². The lowest BCUT2D eigenvalue weighted by molar-refractivity contribution is -0.131. The Morgan fingerprint density at radius 3 is 2.66 bits per heavy atom. The normalized spacial score (nSPS) is 22.9. The van der Waals surface area contributed by atoms with Gasteiger partial charge >= 0.3 is 0 Å². The Balaban J connectivity index is 1.15. The number of amides is 2. The number of nitrogens with zero attached hydrogens (tertiary/aromatic N) is 3. The van der Waals surface area contributed by atoms with Gasteiger partial charge in [-0.1, -0.05) is 12.1 Å². The van der Waals surface area contributed by atoms with Crippen molar-refractivity contribution in [3.8, 4) is 11.1 Å². The van der Waals surface area contributed by atoms with E-state index in [1.807, 2.05) is 17.0 Å². The summed E-state index contributed by atoms with van der Waals surface area (Å²) in [6.45, 7) is 1.91. The Bertz CT molecular complexity index is 1400. The first-order valence-corrected chi connectivity index (χ1v) is 13.4. The van der Waals surface area contributed by atoms with Crippen LogP contribution in [0.3, 0.4) is 0 Å². The summed E-state index contributed by atoms with van der Waals surface area (Å²) in [5, 5.41) is 3.21. The first-order chi connectivity index (χ1) is 17.0. The number of thiophene rings is 1. The van der Waals surface area contributed by atoms with Gasteiger partial charge in [0.1, 0.15) is 17.2 Å². The summed E-state index contributed by atoms with van der Waals surface area (Å²) >= 11 is 1.69. The van der Waals surface area contributed by atoms with Crippen LogP contribution in [0.15, 0.2) is 52.8 Å². The van der Waals surface area contributed by atoms with Crippen molar-refractivity contribution in [2.45, 2.75) is 37.6 Å².